The Labute approximate surface area is 207 Å². The predicted molar refractivity (Wildman–Crippen MR) is 135 cm³/mol. The zero-order valence-electron chi connectivity index (χ0n) is 18.6. The van der Waals surface area contributed by atoms with Gasteiger partial charge in [-0.05, 0) is 48.5 Å². The fourth-order valence-corrected chi connectivity index (χ4v) is 3.63. The van der Waals surface area contributed by atoms with Crippen LogP contribution >= 0.6 is 23.2 Å². The summed E-state index contributed by atoms with van der Waals surface area (Å²) in [4.78, 5) is 24.8. The number of carbonyl (C=O) groups excluding carboxylic acids is 1. The summed E-state index contributed by atoms with van der Waals surface area (Å²) in [5.41, 5.74) is 3.14. The first-order chi connectivity index (χ1) is 16.2. The number of carbonyl (C=O) groups is 1. The van der Waals surface area contributed by atoms with E-state index in [-0.39, 0.29) is 16.8 Å². The molecule has 34 heavy (non-hydrogen) atoms. The number of nitrogens with zero attached hydrogens (tertiary/aromatic N) is 2. The fourth-order valence-electron chi connectivity index (χ4n) is 3.38. The maximum absolute atomic E-state index is 12.4. The van der Waals surface area contributed by atoms with Crippen molar-refractivity contribution >= 4 is 34.9 Å². The fraction of sp³-hybridized carbons (Fsp3) is 0.160. The van der Waals surface area contributed by atoms with Crippen LogP contribution in [-0.4, -0.2) is 32.6 Å². The van der Waals surface area contributed by atoms with Crippen molar-refractivity contribution in [2.24, 2.45) is 0 Å². The van der Waals surface area contributed by atoms with Crippen molar-refractivity contribution in [2.75, 3.05) is 11.9 Å². The number of amides is 2. The number of benzene rings is 2. The molecule has 174 valence electrons. The van der Waals surface area contributed by atoms with Crippen LogP contribution in [0.15, 0.2) is 67.0 Å². The molecule has 0 aliphatic carbocycles. The number of aromatic hydroxyl groups is 1. The molecule has 0 bridgehead atoms. The third kappa shape index (κ3) is 5.32. The summed E-state index contributed by atoms with van der Waals surface area (Å²) in [6.45, 7) is 4.28. The smallest absolute Gasteiger partial charge is 0.319 e. The summed E-state index contributed by atoms with van der Waals surface area (Å²) >= 11 is 11.9. The van der Waals surface area contributed by atoms with Gasteiger partial charge in [-0.3, -0.25) is 4.98 Å². The number of aromatic amines is 1. The number of anilines is 1. The lowest BCUT2D eigenvalue weighted by Gasteiger charge is -2.22. The van der Waals surface area contributed by atoms with Gasteiger partial charge in [0.25, 0.3) is 0 Å². The second-order valence-electron chi connectivity index (χ2n) is 8.41. The van der Waals surface area contributed by atoms with Gasteiger partial charge in [0, 0.05) is 46.2 Å². The first-order valence-corrected chi connectivity index (χ1v) is 11.3. The number of phenolic OH excluding ortho intramolecular Hbond substituents is 1. The minimum Gasteiger partial charge on any atom is -0.506 e. The minimum atomic E-state index is -0.536. The summed E-state index contributed by atoms with van der Waals surface area (Å²) in [5.74, 6) is 0.653. The molecule has 0 spiro atoms. The molecular weight excluding hydrogens is 473 g/mol. The highest BCUT2D eigenvalue weighted by molar-refractivity contribution is 6.32. The van der Waals surface area contributed by atoms with Gasteiger partial charge >= 0.3 is 6.03 Å². The Hall–Kier alpha value is -3.55. The van der Waals surface area contributed by atoms with Crippen molar-refractivity contribution < 1.29 is 9.90 Å². The molecule has 4 N–H and O–H groups in total. The number of halogens is 2. The molecule has 7 nitrogen and oxygen atoms in total. The topological polar surface area (TPSA) is 103 Å². The summed E-state index contributed by atoms with van der Waals surface area (Å²) in [6, 6.07) is 15.3. The molecule has 2 aromatic carbocycles. The van der Waals surface area contributed by atoms with Crippen LogP contribution in [0.4, 0.5) is 10.5 Å². The number of hydrogen-bond donors (Lipinski definition) is 4. The third-order valence-electron chi connectivity index (χ3n) is 5.33. The number of aromatic nitrogens is 3. The van der Waals surface area contributed by atoms with Gasteiger partial charge in [0.15, 0.2) is 0 Å². The number of nitrogens with one attached hydrogen (secondary N) is 3. The Morgan fingerprint density at radius 1 is 1.03 bits per heavy atom. The zero-order valence-corrected chi connectivity index (χ0v) is 20.1. The molecule has 9 heteroatoms. The van der Waals surface area contributed by atoms with Crippen LogP contribution in [-0.2, 0) is 5.41 Å². The Bertz CT molecular complexity index is 1300. The maximum atomic E-state index is 12.4. The first-order valence-electron chi connectivity index (χ1n) is 10.5. The average molecular weight is 496 g/mol. The van der Waals surface area contributed by atoms with Crippen LogP contribution in [0.25, 0.3) is 22.5 Å². The molecule has 0 saturated carbocycles. The SMILES string of the molecule is CC(C)(CNC(=O)Nc1ccc(Cl)cc1)c1nc(-c2ccc(Cl)c(O)c2)c(-c2ccncc2)[nH]1. The quantitative estimate of drug-likeness (QED) is 0.253. The molecule has 4 rings (SSSR count). The molecule has 0 saturated heterocycles. The van der Waals surface area contributed by atoms with Crippen molar-refractivity contribution in [3.63, 3.8) is 0 Å². The van der Waals surface area contributed by atoms with Crippen molar-refractivity contribution in [1.29, 1.82) is 0 Å². The zero-order chi connectivity index (χ0) is 24.3. The molecule has 2 heterocycles. The second-order valence-corrected chi connectivity index (χ2v) is 9.25. The Morgan fingerprint density at radius 3 is 2.41 bits per heavy atom. The van der Waals surface area contributed by atoms with Gasteiger partial charge < -0.3 is 20.7 Å². The van der Waals surface area contributed by atoms with Gasteiger partial charge in [0.1, 0.15) is 11.6 Å². The molecule has 0 atom stereocenters. The van der Waals surface area contributed by atoms with Crippen LogP contribution in [0.1, 0.15) is 19.7 Å². The normalized spacial score (nSPS) is 11.3. The number of hydrogen-bond acceptors (Lipinski definition) is 4. The lowest BCUT2D eigenvalue weighted by Crippen LogP contribution is -2.39. The van der Waals surface area contributed by atoms with Gasteiger partial charge in [-0.15, -0.1) is 0 Å². The van der Waals surface area contributed by atoms with Crippen LogP contribution in [0.3, 0.4) is 0 Å². The number of pyridine rings is 1. The van der Waals surface area contributed by atoms with Gasteiger partial charge in [0.05, 0.1) is 16.4 Å². The van der Waals surface area contributed by atoms with Crippen molar-refractivity contribution in [1.82, 2.24) is 20.3 Å². The summed E-state index contributed by atoms with van der Waals surface area (Å²) < 4.78 is 0. The van der Waals surface area contributed by atoms with E-state index >= 15 is 0 Å². The number of urea groups is 1. The lowest BCUT2D eigenvalue weighted by atomic mass is 9.92. The molecule has 2 amide bonds. The highest BCUT2D eigenvalue weighted by Gasteiger charge is 2.28. The second kappa shape index (κ2) is 9.75. The van der Waals surface area contributed by atoms with Gasteiger partial charge in [-0.25, -0.2) is 9.78 Å². The monoisotopic (exact) mass is 495 g/mol. The molecule has 0 aliphatic heterocycles. The molecule has 4 aromatic rings. The number of imidazole rings is 1. The Kier molecular flexibility index (Phi) is 6.77. The largest absolute Gasteiger partial charge is 0.506 e. The highest BCUT2D eigenvalue weighted by atomic mass is 35.5. The first kappa shape index (κ1) is 23.6. The minimum absolute atomic E-state index is 0.0239. The van der Waals surface area contributed by atoms with Crippen LogP contribution in [0.2, 0.25) is 10.0 Å². The third-order valence-corrected chi connectivity index (χ3v) is 5.90. The predicted octanol–water partition coefficient (Wildman–Crippen LogP) is 6.25. The number of H-pyrrole nitrogens is 1. The molecule has 0 aliphatic rings. The maximum Gasteiger partial charge on any atom is 0.319 e. The van der Waals surface area contributed by atoms with E-state index < -0.39 is 5.41 Å². The number of phenols is 1. The Balaban J connectivity index is 1.59. The Morgan fingerprint density at radius 2 is 1.74 bits per heavy atom. The van der Waals surface area contributed by atoms with Crippen LogP contribution < -0.4 is 10.6 Å². The molecule has 2 aromatic heterocycles. The average Bonchev–Trinajstić information content (AvgIpc) is 3.28. The van der Waals surface area contributed by atoms with E-state index in [4.69, 9.17) is 28.2 Å². The highest BCUT2D eigenvalue weighted by Crippen LogP contribution is 2.36. The van der Waals surface area contributed by atoms with Crippen molar-refractivity contribution in [3.8, 4) is 28.3 Å². The van der Waals surface area contributed by atoms with E-state index in [9.17, 15) is 9.90 Å². The molecule has 0 radical (unpaired) electrons. The van der Waals surface area contributed by atoms with E-state index in [1.807, 2.05) is 26.0 Å². The van der Waals surface area contributed by atoms with E-state index in [0.29, 0.717) is 34.3 Å². The molecule has 0 unspecified atom stereocenters. The van der Waals surface area contributed by atoms with E-state index in [0.717, 1.165) is 11.3 Å². The van der Waals surface area contributed by atoms with Gasteiger partial charge in [0.2, 0.25) is 0 Å². The van der Waals surface area contributed by atoms with Gasteiger partial charge in [-0.1, -0.05) is 43.1 Å². The summed E-state index contributed by atoms with van der Waals surface area (Å²) in [5, 5.41) is 16.7. The van der Waals surface area contributed by atoms with E-state index in [1.54, 1.807) is 54.9 Å². The molecule has 0 fully saturated rings. The van der Waals surface area contributed by atoms with Crippen molar-refractivity contribution in [3.05, 3.63) is 82.9 Å². The summed E-state index contributed by atoms with van der Waals surface area (Å²) in [6.07, 6.45) is 3.40. The van der Waals surface area contributed by atoms with E-state index in [1.165, 1.54) is 0 Å². The van der Waals surface area contributed by atoms with Crippen molar-refractivity contribution in [2.45, 2.75) is 19.3 Å². The van der Waals surface area contributed by atoms with Crippen LogP contribution in [0.5, 0.6) is 5.75 Å². The van der Waals surface area contributed by atoms with Gasteiger partial charge in [-0.2, -0.15) is 0 Å². The molecular formula is C25H23Cl2N5O2. The van der Waals surface area contributed by atoms with Crippen LogP contribution in [0, 0.1) is 0 Å². The number of rotatable bonds is 6. The lowest BCUT2D eigenvalue weighted by molar-refractivity contribution is 0.249. The van der Waals surface area contributed by atoms with E-state index in [2.05, 4.69) is 20.6 Å². The summed E-state index contributed by atoms with van der Waals surface area (Å²) in [7, 11) is 0. The standard InChI is InChI=1S/C25H23Cl2N5O2/c1-25(2,14-29-24(34)30-18-6-4-17(26)5-7-18)23-31-21(15-9-11-28-12-10-15)22(32-23)16-3-8-19(27)20(33)13-16/h3-13,33H,14H2,1-2H3,(H,31,32)(H2,29,30,34).